The summed E-state index contributed by atoms with van der Waals surface area (Å²) in [4.78, 5) is 25.0. The first-order valence-corrected chi connectivity index (χ1v) is 10.3. The zero-order valence-electron chi connectivity index (χ0n) is 17.8. The number of carbonyl (C=O) groups is 2. The summed E-state index contributed by atoms with van der Waals surface area (Å²) in [6, 6.07) is 11.3. The highest BCUT2D eigenvalue weighted by molar-refractivity contribution is 5.95. The number of ether oxygens (including phenoxy) is 1. The summed E-state index contributed by atoms with van der Waals surface area (Å²) in [5.41, 5.74) is 2.37. The highest BCUT2D eigenvalue weighted by Gasteiger charge is 2.37. The fourth-order valence-electron chi connectivity index (χ4n) is 3.65. The van der Waals surface area contributed by atoms with Crippen LogP contribution in [0.4, 0.5) is 4.39 Å². The molecular formula is C25H26FNO4. The van der Waals surface area contributed by atoms with Crippen molar-refractivity contribution in [2.75, 3.05) is 0 Å². The second kappa shape index (κ2) is 9.60. The molecule has 2 aromatic carbocycles. The number of allylic oxidation sites excluding steroid dienone is 1. The highest BCUT2D eigenvalue weighted by atomic mass is 19.1. The van der Waals surface area contributed by atoms with E-state index in [1.807, 2.05) is 32.0 Å². The minimum absolute atomic E-state index is 0.121. The van der Waals surface area contributed by atoms with Gasteiger partial charge in [-0.3, -0.25) is 9.59 Å². The average molecular weight is 423 g/mol. The summed E-state index contributed by atoms with van der Waals surface area (Å²) in [7, 11) is 0. The molecule has 1 aliphatic carbocycles. The summed E-state index contributed by atoms with van der Waals surface area (Å²) in [5, 5.41) is 12.6. The Bertz CT molecular complexity index is 1060. The van der Waals surface area contributed by atoms with E-state index in [0.29, 0.717) is 35.3 Å². The molecule has 0 saturated heterocycles. The number of aliphatic carboxylic acids is 1. The standard InChI is InChI=1S/C25H26FNO4/c1-4-7-22(31-21-9-6-5-8-16(21)3)24(28)27-20-13-12-18(23(20)25(29)30)17-11-10-15(2)19(26)14-17/h5-12,14,20,23H,4,13H2,1-3H3,(H,27,28)(H,29,30). The van der Waals surface area contributed by atoms with Crippen LogP contribution in [0, 0.1) is 25.6 Å². The van der Waals surface area contributed by atoms with Crippen LogP contribution in [0.2, 0.25) is 0 Å². The molecule has 2 aromatic rings. The summed E-state index contributed by atoms with van der Waals surface area (Å²) in [6.45, 7) is 5.41. The van der Waals surface area contributed by atoms with Gasteiger partial charge in [0.2, 0.25) is 0 Å². The molecule has 0 bridgehead atoms. The van der Waals surface area contributed by atoms with Crippen molar-refractivity contribution in [3.63, 3.8) is 0 Å². The topological polar surface area (TPSA) is 75.6 Å². The number of nitrogens with one attached hydrogen (secondary N) is 1. The van der Waals surface area contributed by atoms with E-state index >= 15 is 0 Å². The lowest BCUT2D eigenvalue weighted by Crippen LogP contribution is -2.42. The molecule has 3 rings (SSSR count). The van der Waals surface area contributed by atoms with Crippen molar-refractivity contribution in [3.8, 4) is 5.75 Å². The number of carbonyl (C=O) groups excluding carboxylic acids is 1. The number of aryl methyl sites for hydroxylation is 2. The molecule has 162 valence electrons. The summed E-state index contributed by atoms with van der Waals surface area (Å²) >= 11 is 0. The molecule has 0 saturated carbocycles. The number of halogens is 1. The molecule has 31 heavy (non-hydrogen) atoms. The van der Waals surface area contributed by atoms with Crippen molar-refractivity contribution < 1.29 is 23.8 Å². The summed E-state index contributed by atoms with van der Waals surface area (Å²) in [6.07, 6.45) is 4.32. The van der Waals surface area contributed by atoms with Crippen LogP contribution in [0.5, 0.6) is 5.75 Å². The Morgan fingerprint density at radius 1 is 1.19 bits per heavy atom. The zero-order chi connectivity index (χ0) is 22.5. The molecule has 0 heterocycles. The molecule has 6 heteroatoms. The molecule has 5 nitrogen and oxygen atoms in total. The number of benzene rings is 2. The number of hydrogen-bond donors (Lipinski definition) is 2. The highest BCUT2D eigenvalue weighted by Crippen LogP contribution is 2.35. The first kappa shape index (κ1) is 22.3. The van der Waals surface area contributed by atoms with E-state index in [4.69, 9.17) is 4.74 Å². The minimum Gasteiger partial charge on any atom is -0.481 e. The van der Waals surface area contributed by atoms with Crippen LogP contribution in [0.3, 0.4) is 0 Å². The maximum Gasteiger partial charge on any atom is 0.313 e. The van der Waals surface area contributed by atoms with E-state index in [9.17, 15) is 19.1 Å². The quantitative estimate of drug-likeness (QED) is 0.496. The van der Waals surface area contributed by atoms with E-state index < -0.39 is 29.7 Å². The van der Waals surface area contributed by atoms with E-state index in [0.717, 1.165) is 5.56 Å². The molecule has 0 aliphatic heterocycles. The Balaban J connectivity index is 1.79. The Morgan fingerprint density at radius 2 is 1.94 bits per heavy atom. The Labute approximate surface area is 181 Å². The summed E-state index contributed by atoms with van der Waals surface area (Å²) < 4.78 is 19.9. The second-order valence-corrected chi connectivity index (χ2v) is 7.60. The zero-order valence-corrected chi connectivity index (χ0v) is 17.8. The number of amides is 1. The van der Waals surface area contributed by atoms with Crippen LogP contribution in [0.25, 0.3) is 5.57 Å². The third-order valence-corrected chi connectivity index (χ3v) is 5.34. The van der Waals surface area contributed by atoms with Gasteiger partial charge in [0.1, 0.15) is 17.5 Å². The third-order valence-electron chi connectivity index (χ3n) is 5.34. The molecule has 2 unspecified atom stereocenters. The molecule has 1 aliphatic rings. The van der Waals surface area contributed by atoms with Gasteiger partial charge in [0.15, 0.2) is 5.76 Å². The van der Waals surface area contributed by atoms with Crippen LogP contribution in [0.1, 0.15) is 36.5 Å². The van der Waals surface area contributed by atoms with Crippen LogP contribution in [-0.2, 0) is 9.59 Å². The number of carboxylic acids is 1. The van der Waals surface area contributed by atoms with E-state index in [1.54, 1.807) is 37.3 Å². The van der Waals surface area contributed by atoms with Crippen molar-refractivity contribution in [1.29, 1.82) is 0 Å². The molecule has 0 spiro atoms. The van der Waals surface area contributed by atoms with E-state index in [1.165, 1.54) is 6.07 Å². The lowest BCUT2D eigenvalue weighted by molar-refractivity contribution is -0.140. The van der Waals surface area contributed by atoms with E-state index in [2.05, 4.69) is 5.32 Å². The molecular weight excluding hydrogens is 397 g/mol. The maximum atomic E-state index is 14.0. The van der Waals surface area contributed by atoms with Gasteiger partial charge in [0.05, 0.1) is 6.04 Å². The third kappa shape index (κ3) is 5.02. The largest absolute Gasteiger partial charge is 0.481 e. The van der Waals surface area contributed by atoms with Crippen molar-refractivity contribution >= 4 is 17.4 Å². The predicted molar refractivity (Wildman–Crippen MR) is 117 cm³/mol. The monoisotopic (exact) mass is 423 g/mol. The van der Waals surface area contributed by atoms with Gasteiger partial charge < -0.3 is 15.2 Å². The smallest absolute Gasteiger partial charge is 0.313 e. The number of hydrogen-bond acceptors (Lipinski definition) is 3. The van der Waals surface area contributed by atoms with Gasteiger partial charge in [-0.15, -0.1) is 0 Å². The van der Waals surface area contributed by atoms with Crippen molar-refractivity contribution in [3.05, 3.63) is 82.9 Å². The molecule has 1 amide bonds. The fraction of sp³-hybridized carbons (Fsp3) is 0.280. The Morgan fingerprint density at radius 3 is 2.58 bits per heavy atom. The lowest BCUT2D eigenvalue weighted by Gasteiger charge is -2.22. The minimum atomic E-state index is -1.07. The van der Waals surface area contributed by atoms with Gasteiger partial charge in [-0.25, -0.2) is 4.39 Å². The van der Waals surface area contributed by atoms with Crippen molar-refractivity contribution in [2.45, 2.75) is 39.7 Å². The molecule has 0 aromatic heterocycles. The lowest BCUT2D eigenvalue weighted by atomic mass is 9.91. The first-order chi connectivity index (χ1) is 14.8. The van der Waals surface area contributed by atoms with Crippen molar-refractivity contribution in [2.24, 2.45) is 5.92 Å². The van der Waals surface area contributed by atoms with Gasteiger partial charge in [0.25, 0.3) is 5.91 Å². The molecule has 0 radical (unpaired) electrons. The van der Waals surface area contributed by atoms with E-state index in [-0.39, 0.29) is 5.76 Å². The Hall–Kier alpha value is -3.41. The van der Waals surface area contributed by atoms with Gasteiger partial charge in [-0.2, -0.15) is 0 Å². The Kier molecular flexibility index (Phi) is 6.90. The van der Waals surface area contributed by atoms with Gasteiger partial charge >= 0.3 is 5.97 Å². The second-order valence-electron chi connectivity index (χ2n) is 7.60. The first-order valence-electron chi connectivity index (χ1n) is 10.3. The SMILES string of the molecule is CCC=C(Oc1ccccc1C)C(=O)NC1CC=C(c2ccc(C)c(F)c2)C1C(=O)O. The van der Waals surface area contributed by atoms with Crippen LogP contribution >= 0.6 is 0 Å². The normalized spacial score (nSPS) is 18.5. The van der Waals surface area contributed by atoms with Crippen molar-refractivity contribution in [1.82, 2.24) is 5.32 Å². The fourth-order valence-corrected chi connectivity index (χ4v) is 3.65. The van der Waals surface area contributed by atoms with Gasteiger partial charge in [-0.1, -0.05) is 43.3 Å². The molecule has 2 N–H and O–H groups in total. The van der Waals surface area contributed by atoms with Gasteiger partial charge in [0, 0.05) is 0 Å². The van der Waals surface area contributed by atoms with Crippen LogP contribution < -0.4 is 10.1 Å². The number of carboxylic acid groups (broad SMARTS) is 1. The number of rotatable bonds is 7. The summed E-state index contributed by atoms with van der Waals surface area (Å²) in [5.74, 6) is -2.24. The number of para-hydroxylation sites is 1. The molecule has 0 fully saturated rings. The molecule has 2 atom stereocenters. The average Bonchev–Trinajstić information content (AvgIpc) is 3.15. The van der Waals surface area contributed by atoms with Gasteiger partial charge in [-0.05, 0) is 67.2 Å². The maximum absolute atomic E-state index is 14.0. The van der Waals surface area contributed by atoms with Crippen LogP contribution in [0.15, 0.2) is 60.4 Å². The predicted octanol–water partition coefficient (Wildman–Crippen LogP) is 4.79. The van der Waals surface area contributed by atoms with Crippen LogP contribution in [-0.4, -0.2) is 23.0 Å².